The van der Waals surface area contributed by atoms with E-state index < -0.39 is 29.4 Å². The molecule has 3 N–H and O–H groups in total. The first-order chi connectivity index (χ1) is 13.6. The van der Waals surface area contributed by atoms with Crippen LogP contribution >= 0.6 is 0 Å². The van der Waals surface area contributed by atoms with Crippen molar-refractivity contribution in [2.45, 2.75) is 12.6 Å². The quantitative estimate of drug-likeness (QED) is 0.483. The van der Waals surface area contributed by atoms with Crippen molar-refractivity contribution in [2.75, 3.05) is 32.5 Å². The Morgan fingerprint density at radius 2 is 1.72 bits per heavy atom. The summed E-state index contributed by atoms with van der Waals surface area (Å²) >= 11 is 0. The second-order valence-electron chi connectivity index (χ2n) is 6.76. The molecule has 156 valence electrons. The third-order valence-corrected chi connectivity index (χ3v) is 4.08. The topological polar surface area (TPSA) is 62.6 Å². The molecule has 29 heavy (non-hydrogen) atoms. The van der Waals surface area contributed by atoms with Crippen LogP contribution in [0.2, 0.25) is 0 Å². The van der Waals surface area contributed by atoms with Gasteiger partial charge in [-0.3, -0.25) is 9.59 Å². The number of hydrogen-bond donors (Lipinski definition) is 3. The number of halogens is 4. The van der Waals surface area contributed by atoms with Gasteiger partial charge in [-0.2, -0.15) is 13.2 Å². The number of benzene rings is 2. The predicted molar refractivity (Wildman–Crippen MR) is 100 cm³/mol. The molecular weight excluding hydrogens is 390 g/mol. The van der Waals surface area contributed by atoms with Crippen molar-refractivity contribution in [3.63, 3.8) is 0 Å². The predicted octanol–water partition coefficient (Wildman–Crippen LogP) is 2.36. The van der Waals surface area contributed by atoms with Crippen LogP contribution in [0, 0.1) is 5.82 Å². The van der Waals surface area contributed by atoms with Crippen molar-refractivity contribution in [3.05, 3.63) is 65.0 Å². The number of rotatable bonds is 7. The summed E-state index contributed by atoms with van der Waals surface area (Å²) in [6.45, 7) is 1.12. The lowest BCUT2D eigenvalue weighted by molar-refractivity contribution is -0.858. The zero-order chi connectivity index (χ0) is 21.6. The maximum atomic E-state index is 14.2. The molecule has 2 aromatic rings. The van der Waals surface area contributed by atoms with Gasteiger partial charge in [0.15, 0.2) is 0 Å². The van der Waals surface area contributed by atoms with E-state index in [1.165, 1.54) is 23.1 Å². The van der Waals surface area contributed by atoms with Gasteiger partial charge >= 0.3 is 6.18 Å². The van der Waals surface area contributed by atoms with E-state index >= 15 is 0 Å². The van der Waals surface area contributed by atoms with E-state index in [4.69, 9.17) is 0 Å². The fourth-order valence-electron chi connectivity index (χ4n) is 2.62. The van der Waals surface area contributed by atoms with Crippen molar-refractivity contribution in [2.24, 2.45) is 0 Å². The Morgan fingerprint density at radius 3 is 2.38 bits per heavy atom. The standard InChI is InChI=1S/C20H21F4N3O2/c1-27(2)11-5-10-25-19(29)17-15(21)8-4-9-16(17)26-18(28)13-6-3-7-14(12-13)20(22,23)24/h3-4,6-9,12H,5,10-11H2,1-2H3,(H,25,29)(H,26,28)/p+1. The molecule has 0 aliphatic heterocycles. The van der Waals surface area contributed by atoms with Gasteiger partial charge in [-0.1, -0.05) is 12.1 Å². The van der Waals surface area contributed by atoms with E-state index in [1.807, 2.05) is 14.1 Å². The highest BCUT2D eigenvalue weighted by atomic mass is 19.4. The van der Waals surface area contributed by atoms with Gasteiger partial charge < -0.3 is 15.5 Å². The van der Waals surface area contributed by atoms with Gasteiger partial charge in [0, 0.05) is 18.5 Å². The van der Waals surface area contributed by atoms with E-state index in [9.17, 15) is 27.2 Å². The summed E-state index contributed by atoms with van der Waals surface area (Å²) in [5.74, 6) is -2.44. The van der Waals surface area contributed by atoms with Gasteiger partial charge in [-0.15, -0.1) is 0 Å². The number of carbonyl (C=O) groups excluding carboxylic acids is 2. The minimum atomic E-state index is -4.60. The van der Waals surface area contributed by atoms with Gasteiger partial charge in [-0.05, 0) is 30.3 Å². The van der Waals surface area contributed by atoms with Gasteiger partial charge in [0.1, 0.15) is 5.82 Å². The van der Waals surface area contributed by atoms with Crippen molar-refractivity contribution in [1.82, 2.24) is 5.32 Å². The maximum absolute atomic E-state index is 14.2. The second kappa shape index (κ2) is 9.51. The first kappa shape index (κ1) is 22.4. The van der Waals surface area contributed by atoms with E-state index in [1.54, 1.807) is 0 Å². The lowest BCUT2D eigenvalue weighted by Crippen LogP contribution is -3.05. The van der Waals surface area contributed by atoms with Crippen molar-refractivity contribution >= 4 is 17.5 Å². The molecule has 0 aliphatic carbocycles. The molecule has 5 nitrogen and oxygen atoms in total. The first-order valence-corrected chi connectivity index (χ1v) is 8.94. The van der Waals surface area contributed by atoms with Crippen LogP contribution in [0.15, 0.2) is 42.5 Å². The average molecular weight is 412 g/mol. The third kappa shape index (κ3) is 6.28. The minimum absolute atomic E-state index is 0.122. The lowest BCUT2D eigenvalue weighted by Gasteiger charge is -2.13. The highest BCUT2D eigenvalue weighted by Crippen LogP contribution is 2.30. The van der Waals surface area contributed by atoms with Crippen molar-refractivity contribution in [3.8, 4) is 0 Å². The molecule has 0 unspecified atom stereocenters. The molecule has 0 saturated heterocycles. The van der Waals surface area contributed by atoms with Gasteiger partial charge in [0.05, 0.1) is 37.5 Å². The molecule has 0 radical (unpaired) electrons. The first-order valence-electron chi connectivity index (χ1n) is 8.94. The molecule has 2 aromatic carbocycles. The Bertz CT molecular complexity index is 882. The van der Waals surface area contributed by atoms with E-state index in [2.05, 4.69) is 10.6 Å². The second-order valence-corrected chi connectivity index (χ2v) is 6.76. The number of nitrogens with one attached hydrogen (secondary N) is 3. The molecule has 0 aromatic heterocycles. The molecule has 0 aliphatic rings. The minimum Gasteiger partial charge on any atom is -0.352 e. The Labute approximate surface area is 165 Å². The highest BCUT2D eigenvalue weighted by molar-refractivity contribution is 6.09. The largest absolute Gasteiger partial charge is 0.416 e. The lowest BCUT2D eigenvalue weighted by atomic mass is 10.1. The van der Waals surface area contributed by atoms with Gasteiger partial charge in [0.2, 0.25) is 0 Å². The van der Waals surface area contributed by atoms with E-state index in [0.29, 0.717) is 19.0 Å². The zero-order valence-electron chi connectivity index (χ0n) is 16.0. The normalized spacial score (nSPS) is 11.4. The number of carbonyl (C=O) groups is 2. The molecule has 0 fully saturated rings. The Kier molecular flexibility index (Phi) is 7.33. The van der Waals surface area contributed by atoms with Crippen LogP contribution in [-0.2, 0) is 6.18 Å². The number of quaternary nitrogens is 1. The van der Waals surface area contributed by atoms with Crippen LogP contribution in [-0.4, -0.2) is 39.0 Å². The number of anilines is 1. The van der Waals surface area contributed by atoms with Crippen molar-refractivity contribution in [1.29, 1.82) is 0 Å². The third-order valence-electron chi connectivity index (χ3n) is 4.08. The monoisotopic (exact) mass is 412 g/mol. The van der Waals surface area contributed by atoms with Crippen LogP contribution in [0.4, 0.5) is 23.2 Å². The Hall–Kier alpha value is -2.94. The van der Waals surface area contributed by atoms with Crippen LogP contribution in [0.5, 0.6) is 0 Å². The van der Waals surface area contributed by atoms with E-state index in [0.717, 1.165) is 24.7 Å². The number of hydrogen-bond acceptors (Lipinski definition) is 2. The zero-order valence-corrected chi connectivity index (χ0v) is 16.0. The maximum Gasteiger partial charge on any atom is 0.416 e. The summed E-state index contributed by atoms with van der Waals surface area (Å²) in [5.41, 5.74) is -1.73. The van der Waals surface area contributed by atoms with Gasteiger partial charge in [-0.25, -0.2) is 4.39 Å². The summed E-state index contributed by atoms with van der Waals surface area (Å²) in [6, 6.07) is 7.51. The molecule has 0 heterocycles. The summed E-state index contributed by atoms with van der Waals surface area (Å²) in [6.07, 6.45) is -3.93. The molecule has 2 rings (SSSR count). The SMILES string of the molecule is C[NH+](C)CCCNC(=O)c1c(F)cccc1NC(=O)c1cccc(C(F)(F)F)c1. The number of amides is 2. The Balaban J connectivity index is 2.18. The average Bonchev–Trinajstić information content (AvgIpc) is 2.64. The van der Waals surface area contributed by atoms with Crippen LogP contribution in [0.25, 0.3) is 0 Å². The molecular formula is C20H22F4N3O2+. The van der Waals surface area contributed by atoms with Crippen molar-refractivity contribution < 1.29 is 32.1 Å². The fourth-order valence-corrected chi connectivity index (χ4v) is 2.62. The van der Waals surface area contributed by atoms with Crippen LogP contribution < -0.4 is 15.5 Å². The molecule has 0 saturated carbocycles. The molecule has 2 amide bonds. The van der Waals surface area contributed by atoms with E-state index in [-0.39, 0.29) is 16.8 Å². The van der Waals surface area contributed by atoms with Gasteiger partial charge in [0.25, 0.3) is 11.8 Å². The smallest absolute Gasteiger partial charge is 0.352 e. The molecule has 0 bridgehead atoms. The molecule has 9 heteroatoms. The summed E-state index contributed by atoms with van der Waals surface area (Å²) in [5, 5.41) is 4.91. The Morgan fingerprint density at radius 1 is 1.03 bits per heavy atom. The number of alkyl halides is 3. The fraction of sp³-hybridized carbons (Fsp3) is 0.300. The summed E-state index contributed by atoms with van der Waals surface area (Å²) in [4.78, 5) is 25.9. The van der Waals surface area contributed by atoms with Crippen LogP contribution in [0.1, 0.15) is 32.7 Å². The summed E-state index contributed by atoms with van der Waals surface area (Å²) < 4.78 is 52.8. The summed E-state index contributed by atoms with van der Waals surface area (Å²) in [7, 11) is 3.92. The van der Waals surface area contributed by atoms with Crippen LogP contribution in [0.3, 0.4) is 0 Å². The molecule has 0 atom stereocenters. The molecule has 0 spiro atoms. The highest BCUT2D eigenvalue weighted by Gasteiger charge is 2.31.